The van der Waals surface area contributed by atoms with Crippen molar-refractivity contribution in [3.63, 3.8) is 0 Å². The Bertz CT molecular complexity index is 88.2. The molecule has 0 radical (unpaired) electrons. The zero-order chi connectivity index (χ0) is 8.69. The summed E-state index contributed by atoms with van der Waals surface area (Å²) in [7, 11) is 3.86. The smallest absolute Gasteiger partial charge is 0.220 e. The van der Waals surface area contributed by atoms with Gasteiger partial charge in [0.05, 0.1) is 6.61 Å². The third-order valence-corrected chi connectivity index (χ3v) is 1.84. The van der Waals surface area contributed by atoms with E-state index in [0.29, 0.717) is 0 Å². The van der Waals surface area contributed by atoms with Gasteiger partial charge in [0.25, 0.3) is 0 Å². The lowest BCUT2D eigenvalue weighted by Gasteiger charge is -2.17. The molecule has 0 aliphatic carbocycles. The predicted octanol–water partition coefficient (Wildman–Crippen LogP) is 1.22. The van der Waals surface area contributed by atoms with Crippen molar-refractivity contribution < 1.29 is 4.84 Å². The van der Waals surface area contributed by atoms with E-state index in [1.54, 1.807) is 4.97 Å². The molecule has 2 nitrogen and oxygen atoms in total. The minimum absolute atomic E-state index is 0.738. The van der Waals surface area contributed by atoms with Gasteiger partial charge in [-0.1, -0.05) is 26.7 Å². The lowest BCUT2D eigenvalue weighted by Crippen LogP contribution is -2.19. The topological polar surface area (TPSA) is 12.5 Å². The van der Waals surface area contributed by atoms with Gasteiger partial charge in [0.1, 0.15) is 0 Å². The second kappa shape index (κ2) is 6.68. The van der Waals surface area contributed by atoms with E-state index in [0.717, 1.165) is 12.5 Å². The zero-order valence-electron chi connectivity index (χ0n) is 8.26. The Hall–Kier alpha value is -0.0151. The van der Waals surface area contributed by atoms with Crippen LogP contribution < -0.4 is 0 Å². The molecule has 0 spiro atoms. The Morgan fingerprint density at radius 2 is 2.09 bits per heavy atom. The van der Waals surface area contributed by atoms with Crippen molar-refractivity contribution in [3.8, 4) is 0 Å². The fraction of sp³-hybridized carbons (Fsp3) is 1.00. The SMILES string of the molecule is BN(C)OCC(CC)CCC. The molecule has 1 atom stereocenters. The molecule has 0 aromatic heterocycles. The van der Waals surface area contributed by atoms with Crippen molar-refractivity contribution in [3.05, 3.63) is 0 Å². The highest BCUT2D eigenvalue weighted by molar-refractivity contribution is 6.03. The first-order valence-corrected chi connectivity index (χ1v) is 4.50. The normalized spacial score (nSPS) is 13.8. The quantitative estimate of drug-likeness (QED) is 0.424. The van der Waals surface area contributed by atoms with Crippen LogP contribution in [0.5, 0.6) is 0 Å². The van der Waals surface area contributed by atoms with Gasteiger partial charge < -0.3 is 4.84 Å². The molecular weight excluding hydrogens is 137 g/mol. The third-order valence-electron chi connectivity index (χ3n) is 1.84. The first-order chi connectivity index (χ1) is 5.20. The summed E-state index contributed by atoms with van der Waals surface area (Å²) in [6.07, 6.45) is 3.77. The molecular formula is C8H20BNO. The van der Waals surface area contributed by atoms with Gasteiger partial charge in [-0.05, 0) is 19.4 Å². The van der Waals surface area contributed by atoms with Gasteiger partial charge in [0, 0.05) is 0 Å². The summed E-state index contributed by atoms with van der Waals surface area (Å²) in [6, 6.07) is 0. The van der Waals surface area contributed by atoms with Crippen LogP contribution in [0.2, 0.25) is 0 Å². The third kappa shape index (κ3) is 6.39. The minimum atomic E-state index is 0.738. The molecule has 0 aromatic carbocycles. The van der Waals surface area contributed by atoms with Crippen LogP contribution in [0, 0.1) is 5.92 Å². The molecule has 0 saturated carbocycles. The number of rotatable bonds is 6. The summed E-state index contributed by atoms with van der Waals surface area (Å²) in [5, 5.41) is 0. The second-order valence-corrected chi connectivity index (χ2v) is 3.17. The van der Waals surface area contributed by atoms with Crippen LogP contribution in [0.1, 0.15) is 33.1 Å². The molecule has 0 N–H and O–H groups in total. The van der Waals surface area contributed by atoms with Gasteiger partial charge in [-0.25, -0.2) is 4.97 Å². The molecule has 0 aliphatic heterocycles. The summed E-state index contributed by atoms with van der Waals surface area (Å²) in [5.41, 5.74) is 0. The highest BCUT2D eigenvalue weighted by Gasteiger charge is 2.04. The Kier molecular flexibility index (Phi) is 6.67. The maximum Gasteiger partial charge on any atom is 0.220 e. The fourth-order valence-corrected chi connectivity index (χ4v) is 1.07. The van der Waals surface area contributed by atoms with E-state index in [4.69, 9.17) is 4.84 Å². The molecule has 0 saturated heterocycles. The number of hydroxylamine groups is 1. The summed E-state index contributed by atoms with van der Waals surface area (Å²) in [4.78, 5) is 7.16. The molecule has 11 heavy (non-hydrogen) atoms. The van der Waals surface area contributed by atoms with Crippen molar-refractivity contribution in [1.82, 2.24) is 4.97 Å². The van der Waals surface area contributed by atoms with Gasteiger partial charge >= 0.3 is 0 Å². The van der Waals surface area contributed by atoms with Gasteiger partial charge in [-0.3, -0.25) is 0 Å². The van der Waals surface area contributed by atoms with Crippen molar-refractivity contribution in [2.45, 2.75) is 33.1 Å². The largest absolute Gasteiger partial charge is 0.311 e. The zero-order valence-corrected chi connectivity index (χ0v) is 8.26. The molecule has 0 bridgehead atoms. The summed E-state index contributed by atoms with van der Waals surface area (Å²) >= 11 is 0. The van der Waals surface area contributed by atoms with Crippen LogP contribution >= 0.6 is 0 Å². The fourth-order valence-electron chi connectivity index (χ4n) is 1.07. The molecule has 66 valence electrons. The van der Waals surface area contributed by atoms with Crippen molar-refractivity contribution >= 4 is 7.98 Å². The van der Waals surface area contributed by atoms with Crippen LogP contribution in [0.25, 0.3) is 0 Å². The molecule has 0 heterocycles. The molecule has 3 heteroatoms. The Balaban J connectivity index is 3.35. The average molecular weight is 157 g/mol. The van der Waals surface area contributed by atoms with Crippen molar-refractivity contribution in [2.24, 2.45) is 5.92 Å². The number of hydrogen-bond donors (Lipinski definition) is 0. The number of hydrogen-bond acceptors (Lipinski definition) is 2. The van der Waals surface area contributed by atoms with Gasteiger partial charge in [0.2, 0.25) is 7.98 Å². The molecule has 0 amide bonds. The van der Waals surface area contributed by atoms with E-state index in [-0.39, 0.29) is 0 Å². The van der Waals surface area contributed by atoms with Gasteiger partial charge in [0.15, 0.2) is 0 Å². The van der Waals surface area contributed by atoms with E-state index < -0.39 is 0 Å². The first kappa shape index (κ1) is 11.0. The maximum atomic E-state index is 5.38. The predicted molar refractivity (Wildman–Crippen MR) is 50.9 cm³/mol. The van der Waals surface area contributed by atoms with E-state index in [2.05, 4.69) is 13.8 Å². The lowest BCUT2D eigenvalue weighted by molar-refractivity contribution is -0.0823. The maximum absolute atomic E-state index is 5.38. The Labute approximate surface area is 71.3 Å². The molecule has 0 aromatic rings. The van der Waals surface area contributed by atoms with E-state index in [1.165, 1.54) is 19.3 Å². The summed E-state index contributed by atoms with van der Waals surface area (Å²) in [6.45, 7) is 5.31. The molecule has 0 aliphatic rings. The standard InChI is InChI=1S/C8H20BNO/c1-4-6-8(5-2)7-11-10(3)9/h8H,4-7,9H2,1-3H3. The summed E-state index contributed by atoms with van der Waals surface area (Å²) in [5.74, 6) is 0.738. The van der Waals surface area contributed by atoms with Gasteiger partial charge in [-0.15, -0.1) is 0 Å². The molecule has 1 unspecified atom stereocenters. The van der Waals surface area contributed by atoms with E-state index >= 15 is 0 Å². The highest BCUT2D eigenvalue weighted by atomic mass is 16.7. The first-order valence-electron chi connectivity index (χ1n) is 4.50. The van der Waals surface area contributed by atoms with E-state index in [1.807, 2.05) is 15.0 Å². The molecule has 0 fully saturated rings. The average Bonchev–Trinajstić information content (AvgIpc) is 1.97. The number of nitrogens with zero attached hydrogens (tertiary/aromatic N) is 1. The van der Waals surface area contributed by atoms with Crippen molar-refractivity contribution in [1.29, 1.82) is 0 Å². The van der Waals surface area contributed by atoms with Crippen LogP contribution in [0.4, 0.5) is 0 Å². The van der Waals surface area contributed by atoms with E-state index in [9.17, 15) is 0 Å². The van der Waals surface area contributed by atoms with Crippen LogP contribution in [0.3, 0.4) is 0 Å². The van der Waals surface area contributed by atoms with Crippen LogP contribution in [-0.2, 0) is 4.84 Å². The minimum Gasteiger partial charge on any atom is -0.311 e. The second-order valence-electron chi connectivity index (χ2n) is 3.17. The summed E-state index contributed by atoms with van der Waals surface area (Å²) < 4.78 is 0. The Morgan fingerprint density at radius 1 is 1.45 bits per heavy atom. The van der Waals surface area contributed by atoms with Crippen molar-refractivity contribution in [2.75, 3.05) is 13.7 Å². The van der Waals surface area contributed by atoms with Gasteiger partial charge in [-0.2, -0.15) is 0 Å². The Morgan fingerprint density at radius 3 is 2.45 bits per heavy atom. The lowest BCUT2D eigenvalue weighted by atomic mass is 10.0. The van der Waals surface area contributed by atoms with Crippen LogP contribution in [0.15, 0.2) is 0 Å². The monoisotopic (exact) mass is 157 g/mol. The highest BCUT2D eigenvalue weighted by Crippen LogP contribution is 2.10. The van der Waals surface area contributed by atoms with Crippen LogP contribution in [-0.4, -0.2) is 26.6 Å². The molecule has 0 rings (SSSR count).